The predicted molar refractivity (Wildman–Crippen MR) is 163 cm³/mol. The zero-order valence-corrected chi connectivity index (χ0v) is 24.7. The van der Waals surface area contributed by atoms with Crippen molar-refractivity contribution in [3.8, 4) is 11.1 Å². The number of ether oxygens (including phenoxy) is 1. The molecule has 0 atom stereocenters. The van der Waals surface area contributed by atoms with Gasteiger partial charge in [0.15, 0.2) is 9.84 Å². The second-order valence-electron chi connectivity index (χ2n) is 10.4. The first-order chi connectivity index (χ1) is 19.3. The quantitative estimate of drug-likeness (QED) is 0.318. The van der Waals surface area contributed by atoms with E-state index in [0.29, 0.717) is 22.9 Å². The van der Waals surface area contributed by atoms with Crippen molar-refractivity contribution < 1.29 is 17.9 Å². The lowest BCUT2D eigenvalue weighted by molar-refractivity contribution is -0.112. The normalized spacial score (nSPS) is 17.1. The molecule has 0 bridgehead atoms. The summed E-state index contributed by atoms with van der Waals surface area (Å²) >= 11 is 1.78. The molecule has 3 aromatic carbocycles. The molecule has 0 radical (unpaired) electrons. The number of anilines is 1. The van der Waals surface area contributed by atoms with Gasteiger partial charge in [0.05, 0.1) is 10.6 Å². The van der Waals surface area contributed by atoms with Crippen molar-refractivity contribution in [1.29, 1.82) is 0 Å². The lowest BCUT2D eigenvalue weighted by atomic mass is 10.0. The Morgan fingerprint density at radius 2 is 1.70 bits per heavy atom. The number of amides is 1. The van der Waals surface area contributed by atoms with Crippen LogP contribution in [-0.4, -0.2) is 57.0 Å². The minimum atomic E-state index is -3.51. The van der Waals surface area contributed by atoms with Gasteiger partial charge in [0.25, 0.3) is 5.91 Å². The first kappa shape index (κ1) is 28.6. The average molecular weight is 577 g/mol. The summed E-state index contributed by atoms with van der Waals surface area (Å²) in [5.41, 5.74) is 4.80. The number of carbonyl (C=O) groups is 1. The average Bonchev–Trinajstić information content (AvgIpc) is 3.10. The van der Waals surface area contributed by atoms with Crippen molar-refractivity contribution in [2.24, 2.45) is 0 Å². The molecule has 0 unspecified atom stereocenters. The van der Waals surface area contributed by atoms with Gasteiger partial charge in [-0.05, 0) is 96.8 Å². The highest BCUT2D eigenvalue weighted by molar-refractivity contribution is 7.99. The standard InChI is InChI=1S/C32H36N2O4S2/c1-3-39-30-11-6-24(7-12-30)25-8-13-31-27(20-25)21-26(16-19-40(31,36)37)32(35)33-28-9-4-23(5-10-28)22-34(2)29-14-17-38-18-15-29/h4-13,20-21,29H,3,14-19,22H2,1-2H3,(H,33,35). The molecule has 3 aromatic rings. The Hall–Kier alpha value is -2.91. The van der Waals surface area contributed by atoms with E-state index >= 15 is 0 Å². The van der Waals surface area contributed by atoms with Crippen LogP contribution in [0.5, 0.6) is 0 Å². The van der Waals surface area contributed by atoms with Gasteiger partial charge in [-0.25, -0.2) is 8.42 Å². The van der Waals surface area contributed by atoms with Crippen molar-refractivity contribution >= 4 is 39.3 Å². The third-order valence-electron chi connectivity index (χ3n) is 7.56. The summed E-state index contributed by atoms with van der Waals surface area (Å²) in [6.07, 6.45) is 3.99. The molecule has 0 aliphatic carbocycles. The fourth-order valence-electron chi connectivity index (χ4n) is 5.28. The largest absolute Gasteiger partial charge is 0.381 e. The number of rotatable bonds is 8. The molecule has 40 heavy (non-hydrogen) atoms. The molecule has 6 nitrogen and oxygen atoms in total. The van der Waals surface area contributed by atoms with Gasteiger partial charge in [-0.2, -0.15) is 0 Å². The number of hydrogen-bond donors (Lipinski definition) is 1. The van der Waals surface area contributed by atoms with E-state index in [9.17, 15) is 13.2 Å². The molecular formula is C32H36N2O4S2. The number of nitrogens with one attached hydrogen (secondary N) is 1. The van der Waals surface area contributed by atoms with E-state index in [1.165, 1.54) is 10.5 Å². The van der Waals surface area contributed by atoms with E-state index in [1.807, 2.05) is 48.5 Å². The van der Waals surface area contributed by atoms with Crippen molar-refractivity contribution in [2.75, 3.05) is 37.1 Å². The fourth-order valence-corrected chi connectivity index (χ4v) is 7.40. The van der Waals surface area contributed by atoms with Gasteiger partial charge in [-0.15, -0.1) is 11.8 Å². The SMILES string of the molecule is CCSc1ccc(-c2ccc3c(c2)C=C(C(=O)Nc2ccc(CN(C)C4CCOCC4)cc2)CCS3(=O)=O)cc1. The number of nitrogens with zero attached hydrogens (tertiary/aromatic N) is 1. The van der Waals surface area contributed by atoms with Crippen LogP contribution in [0, 0.1) is 0 Å². The molecule has 2 aliphatic rings. The van der Waals surface area contributed by atoms with E-state index in [1.54, 1.807) is 23.9 Å². The molecule has 8 heteroatoms. The summed E-state index contributed by atoms with van der Waals surface area (Å²) in [5, 5.41) is 2.97. The van der Waals surface area contributed by atoms with Gasteiger partial charge >= 0.3 is 0 Å². The Balaban J connectivity index is 1.31. The summed E-state index contributed by atoms with van der Waals surface area (Å²) in [4.78, 5) is 17.1. The van der Waals surface area contributed by atoms with Crippen LogP contribution < -0.4 is 5.32 Å². The summed E-state index contributed by atoms with van der Waals surface area (Å²) in [6, 6.07) is 22.0. The molecule has 1 amide bonds. The maximum atomic E-state index is 13.3. The monoisotopic (exact) mass is 576 g/mol. The Morgan fingerprint density at radius 3 is 2.40 bits per heavy atom. The zero-order chi connectivity index (χ0) is 28.1. The molecular weight excluding hydrogens is 540 g/mol. The Morgan fingerprint density at radius 1 is 1.00 bits per heavy atom. The molecule has 1 saturated heterocycles. The molecule has 2 heterocycles. The van der Waals surface area contributed by atoms with Crippen molar-refractivity contribution in [2.45, 2.75) is 48.6 Å². The highest BCUT2D eigenvalue weighted by Gasteiger charge is 2.25. The molecule has 2 aliphatic heterocycles. The minimum absolute atomic E-state index is 0.0982. The van der Waals surface area contributed by atoms with Crippen molar-refractivity contribution in [3.63, 3.8) is 0 Å². The topological polar surface area (TPSA) is 75.7 Å². The Kier molecular flexibility index (Phi) is 9.10. The molecule has 0 saturated carbocycles. The van der Waals surface area contributed by atoms with Crippen LogP contribution in [0.25, 0.3) is 17.2 Å². The summed E-state index contributed by atoms with van der Waals surface area (Å²) in [5.74, 6) is 0.629. The molecule has 5 rings (SSSR count). The maximum Gasteiger partial charge on any atom is 0.251 e. The van der Waals surface area contributed by atoms with Crippen LogP contribution in [0.4, 0.5) is 5.69 Å². The van der Waals surface area contributed by atoms with E-state index < -0.39 is 9.84 Å². The van der Waals surface area contributed by atoms with Crippen LogP contribution >= 0.6 is 11.8 Å². The lowest BCUT2D eigenvalue weighted by Crippen LogP contribution is -2.36. The van der Waals surface area contributed by atoms with Gasteiger partial charge < -0.3 is 10.1 Å². The third kappa shape index (κ3) is 6.86. The number of fused-ring (bicyclic) bond motifs is 1. The highest BCUT2D eigenvalue weighted by Crippen LogP contribution is 2.32. The Labute approximate surface area is 241 Å². The predicted octanol–water partition coefficient (Wildman–Crippen LogP) is 6.28. The molecule has 1 N–H and O–H groups in total. The van der Waals surface area contributed by atoms with Gasteiger partial charge in [0.2, 0.25) is 0 Å². The van der Waals surface area contributed by atoms with Crippen LogP contribution in [0.3, 0.4) is 0 Å². The zero-order valence-electron chi connectivity index (χ0n) is 23.1. The van der Waals surface area contributed by atoms with E-state index in [0.717, 1.165) is 49.5 Å². The van der Waals surface area contributed by atoms with Crippen LogP contribution in [-0.2, 0) is 25.9 Å². The van der Waals surface area contributed by atoms with Crippen molar-refractivity contribution in [1.82, 2.24) is 4.90 Å². The summed E-state index contributed by atoms with van der Waals surface area (Å²) in [6.45, 7) is 4.58. The lowest BCUT2D eigenvalue weighted by Gasteiger charge is -2.31. The van der Waals surface area contributed by atoms with Crippen molar-refractivity contribution in [3.05, 3.63) is 83.4 Å². The van der Waals surface area contributed by atoms with E-state index in [-0.39, 0.29) is 23.0 Å². The minimum Gasteiger partial charge on any atom is -0.381 e. The number of hydrogen-bond acceptors (Lipinski definition) is 6. The summed E-state index contributed by atoms with van der Waals surface area (Å²) in [7, 11) is -1.36. The second-order valence-corrected chi connectivity index (χ2v) is 13.8. The van der Waals surface area contributed by atoms with Crippen LogP contribution in [0.1, 0.15) is 37.3 Å². The van der Waals surface area contributed by atoms with Gasteiger partial charge in [-0.1, -0.05) is 37.3 Å². The smallest absolute Gasteiger partial charge is 0.251 e. The third-order valence-corrected chi connectivity index (χ3v) is 10.2. The number of sulfone groups is 1. The molecule has 0 aromatic heterocycles. The molecule has 0 spiro atoms. The number of carbonyl (C=O) groups excluding carboxylic acids is 1. The fraction of sp³-hybridized carbons (Fsp3) is 0.344. The second kappa shape index (κ2) is 12.7. The van der Waals surface area contributed by atoms with E-state index in [4.69, 9.17) is 4.74 Å². The van der Waals surface area contributed by atoms with E-state index in [2.05, 4.69) is 36.3 Å². The van der Waals surface area contributed by atoms with Gasteiger partial charge in [0, 0.05) is 42.0 Å². The number of thioether (sulfide) groups is 1. The highest BCUT2D eigenvalue weighted by atomic mass is 32.2. The Bertz CT molecular complexity index is 1480. The van der Waals surface area contributed by atoms with Gasteiger partial charge in [-0.3, -0.25) is 9.69 Å². The van der Waals surface area contributed by atoms with Crippen LogP contribution in [0.15, 0.2) is 82.1 Å². The number of benzene rings is 3. The van der Waals surface area contributed by atoms with Crippen LogP contribution in [0.2, 0.25) is 0 Å². The summed E-state index contributed by atoms with van der Waals surface area (Å²) < 4.78 is 31.6. The maximum absolute atomic E-state index is 13.3. The van der Waals surface area contributed by atoms with Gasteiger partial charge in [0.1, 0.15) is 0 Å². The molecule has 210 valence electrons. The molecule has 1 fully saturated rings. The first-order valence-corrected chi connectivity index (χ1v) is 16.4. The first-order valence-electron chi connectivity index (χ1n) is 13.8.